The normalized spacial score (nSPS) is 48.6. The summed E-state index contributed by atoms with van der Waals surface area (Å²) in [6, 6.07) is 0. The zero-order chi connectivity index (χ0) is 28.1. The molecule has 1 saturated heterocycles. The van der Waals surface area contributed by atoms with E-state index in [-0.39, 0.29) is 40.0 Å². The van der Waals surface area contributed by atoms with E-state index in [0.717, 1.165) is 51.4 Å². The van der Waals surface area contributed by atoms with Crippen LogP contribution in [-0.2, 0) is 19.1 Å². The zero-order valence-corrected chi connectivity index (χ0v) is 25.2. The largest absolute Gasteiger partial charge is 0.388 e. The quantitative estimate of drug-likeness (QED) is 0.427. The van der Waals surface area contributed by atoms with Crippen molar-refractivity contribution in [3.8, 4) is 0 Å². The molecule has 9 atom stereocenters. The van der Waals surface area contributed by atoms with Gasteiger partial charge in [0, 0.05) is 30.6 Å². The fourth-order valence-electron chi connectivity index (χ4n) is 10.7. The molecule has 0 bridgehead atoms. The van der Waals surface area contributed by atoms with Gasteiger partial charge in [0.1, 0.15) is 17.3 Å². The summed E-state index contributed by atoms with van der Waals surface area (Å²) < 4.78 is 6.58. The van der Waals surface area contributed by atoms with Crippen molar-refractivity contribution < 1.29 is 24.2 Å². The van der Waals surface area contributed by atoms with E-state index in [4.69, 9.17) is 4.74 Å². The standard InChI is InChI=1S/C33H52O5/c1-20-10-11-22(34)27(31(8)16-13-25(38-31)29(5,6)37)30(20,7)14-9-15-32-19-33(32)17-12-24(36)28(3,4)26(33)23(35)18-21(32)2/h20-21,25-27,37H,9-19H2,1-8H3/t20-,21?,25?,26?,27?,30?,31+,32?,33?/m0/s1. The lowest BCUT2D eigenvalue weighted by Gasteiger charge is -2.52. The van der Waals surface area contributed by atoms with Gasteiger partial charge >= 0.3 is 0 Å². The van der Waals surface area contributed by atoms with Crippen LogP contribution in [0.4, 0.5) is 0 Å². The SMILES string of the molecule is CC1CC(=O)C2C(C)(C)C(=O)CCC23CC13CCCC1(C)C([C@@]2(C)CCC(C(C)(C)O)O2)C(=O)CC[C@@H]1C. The van der Waals surface area contributed by atoms with E-state index in [1.165, 1.54) is 0 Å². The molecule has 214 valence electrons. The van der Waals surface area contributed by atoms with Crippen molar-refractivity contribution in [3.63, 3.8) is 0 Å². The topological polar surface area (TPSA) is 80.7 Å². The number of aliphatic hydroxyl groups is 1. The van der Waals surface area contributed by atoms with E-state index < -0.39 is 16.6 Å². The number of carbonyl (C=O) groups excluding carboxylic acids is 3. The van der Waals surface area contributed by atoms with Crippen LogP contribution in [0, 0.1) is 45.3 Å². The van der Waals surface area contributed by atoms with Gasteiger partial charge in [-0.3, -0.25) is 14.4 Å². The average molecular weight is 529 g/mol. The molecule has 1 spiro atoms. The highest BCUT2D eigenvalue weighted by Crippen LogP contribution is 2.81. The van der Waals surface area contributed by atoms with Gasteiger partial charge in [-0.05, 0) is 93.8 Å². The Balaban J connectivity index is 1.37. The van der Waals surface area contributed by atoms with Crippen molar-refractivity contribution in [3.05, 3.63) is 0 Å². The summed E-state index contributed by atoms with van der Waals surface area (Å²) in [5.41, 5.74) is -2.04. The van der Waals surface area contributed by atoms with Crippen molar-refractivity contribution in [1.82, 2.24) is 0 Å². The third-order valence-electron chi connectivity index (χ3n) is 13.0. The van der Waals surface area contributed by atoms with E-state index in [2.05, 4.69) is 27.7 Å². The molecule has 7 unspecified atom stereocenters. The summed E-state index contributed by atoms with van der Waals surface area (Å²) in [4.78, 5) is 39.8. The number of ketones is 3. The molecule has 1 aliphatic heterocycles. The Bertz CT molecular complexity index is 1020. The number of hydrogen-bond acceptors (Lipinski definition) is 5. The first-order chi connectivity index (χ1) is 17.4. The lowest BCUT2D eigenvalue weighted by atomic mass is 9.51. The molecule has 1 heterocycles. The average Bonchev–Trinajstić information content (AvgIpc) is 3.26. The number of Topliss-reactive ketones (excluding diaryl/α,β-unsaturated/α-hetero) is 3. The molecule has 5 heteroatoms. The molecule has 0 amide bonds. The monoisotopic (exact) mass is 528 g/mol. The van der Waals surface area contributed by atoms with Gasteiger partial charge in [0.2, 0.25) is 0 Å². The Labute approximate surface area is 230 Å². The molecule has 5 aliphatic rings. The summed E-state index contributed by atoms with van der Waals surface area (Å²) in [6.07, 6.45) is 9.12. The number of hydrogen-bond donors (Lipinski definition) is 1. The second-order valence-electron chi connectivity index (χ2n) is 15.9. The summed E-state index contributed by atoms with van der Waals surface area (Å²) in [5, 5.41) is 10.7. The van der Waals surface area contributed by atoms with Gasteiger partial charge in [-0.1, -0.05) is 41.0 Å². The third-order valence-corrected chi connectivity index (χ3v) is 13.0. The fraction of sp³-hybridized carbons (Fsp3) is 0.909. The van der Waals surface area contributed by atoms with E-state index in [0.29, 0.717) is 42.7 Å². The van der Waals surface area contributed by atoms with Crippen molar-refractivity contribution in [2.45, 2.75) is 143 Å². The second kappa shape index (κ2) is 8.71. The van der Waals surface area contributed by atoms with Gasteiger partial charge in [-0.2, -0.15) is 0 Å². The van der Waals surface area contributed by atoms with Gasteiger partial charge in [-0.25, -0.2) is 0 Å². The maximum atomic E-state index is 13.6. The highest BCUT2D eigenvalue weighted by Gasteiger charge is 2.78. The van der Waals surface area contributed by atoms with Gasteiger partial charge in [0.25, 0.3) is 0 Å². The van der Waals surface area contributed by atoms with Crippen LogP contribution in [0.3, 0.4) is 0 Å². The maximum Gasteiger partial charge on any atom is 0.139 e. The van der Waals surface area contributed by atoms with Crippen LogP contribution in [0.15, 0.2) is 0 Å². The number of ether oxygens (including phenoxy) is 1. The van der Waals surface area contributed by atoms with E-state index >= 15 is 0 Å². The Hall–Kier alpha value is -1.07. The van der Waals surface area contributed by atoms with Gasteiger partial charge in [0.05, 0.1) is 23.2 Å². The van der Waals surface area contributed by atoms with Crippen LogP contribution in [-0.4, -0.2) is 39.8 Å². The van der Waals surface area contributed by atoms with Crippen LogP contribution in [0.1, 0.15) is 126 Å². The first-order valence-electron chi connectivity index (χ1n) is 15.4. The van der Waals surface area contributed by atoms with E-state index in [1.807, 2.05) is 27.7 Å². The first kappa shape index (κ1) is 28.5. The molecule has 5 nitrogen and oxygen atoms in total. The van der Waals surface area contributed by atoms with Crippen LogP contribution < -0.4 is 0 Å². The molecule has 38 heavy (non-hydrogen) atoms. The molecular formula is C33H52O5. The number of rotatable bonds is 6. The van der Waals surface area contributed by atoms with Gasteiger partial charge in [0.15, 0.2) is 0 Å². The highest BCUT2D eigenvalue weighted by molar-refractivity contribution is 5.95. The molecule has 0 radical (unpaired) electrons. The third kappa shape index (κ3) is 3.87. The Morgan fingerprint density at radius 2 is 1.58 bits per heavy atom. The summed E-state index contributed by atoms with van der Waals surface area (Å²) in [7, 11) is 0. The van der Waals surface area contributed by atoms with Crippen LogP contribution in [0.2, 0.25) is 0 Å². The second-order valence-corrected chi connectivity index (χ2v) is 15.9. The van der Waals surface area contributed by atoms with Gasteiger partial charge in [-0.15, -0.1) is 0 Å². The van der Waals surface area contributed by atoms with Crippen molar-refractivity contribution in [1.29, 1.82) is 0 Å². The van der Waals surface area contributed by atoms with Crippen LogP contribution in [0.5, 0.6) is 0 Å². The van der Waals surface area contributed by atoms with Crippen molar-refractivity contribution >= 4 is 17.3 Å². The maximum absolute atomic E-state index is 13.6. The molecule has 0 aromatic rings. The predicted octanol–water partition coefficient (Wildman–Crippen LogP) is 6.48. The molecule has 4 saturated carbocycles. The minimum Gasteiger partial charge on any atom is -0.388 e. The smallest absolute Gasteiger partial charge is 0.139 e. The van der Waals surface area contributed by atoms with Crippen LogP contribution in [0.25, 0.3) is 0 Å². The predicted molar refractivity (Wildman–Crippen MR) is 147 cm³/mol. The van der Waals surface area contributed by atoms with Crippen molar-refractivity contribution in [2.24, 2.45) is 45.3 Å². The molecule has 1 N–H and O–H groups in total. The highest BCUT2D eigenvalue weighted by atomic mass is 16.5. The lowest BCUT2D eigenvalue weighted by Crippen LogP contribution is -2.55. The molecule has 5 fully saturated rings. The molecule has 0 aromatic heterocycles. The molecule has 0 aromatic carbocycles. The Morgan fingerprint density at radius 3 is 2.21 bits per heavy atom. The summed E-state index contributed by atoms with van der Waals surface area (Å²) >= 11 is 0. The number of carbonyl (C=O) groups is 3. The van der Waals surface area contributed by atoms with E-state index in [1.54, 1.807) is 0 Å². The van der Waals surface area contributed by atoms with Gasteiger partial charge < -0.3 is 9.84 Å². The summed E-state index contributed by atoms with van der Waals surface area (Å²) in [6.45, 7) is 16.7. The van der Waals surface area contributed by atoms with Crippen molar-refractivity contribution in [2.75, 3.05) is 0 Å². The molecule has 4 aliphatic carbocycles. The Morgan fingerprint density at radius 1 is 0.895 bits per heavy atom. The fourth-order valence-corrected chi connectivity index (χ4v) is 10.7. The molecule has 5 rings (SSSR count). The zero-order valence-electron chi connectivity index (χ0n) is 25.2. The summed E-state index contributed by atoms with van der Waals surface area (Å²) in [5.74, 6) is 1.38. The minimum atomic E-state index is -0.919. The first-order valence-corrected chi connectivity index (χ1v) is 15.4. The lowest BCUT2D eigenvalue weighted by molar-refractivity contribution is -0.177. The van der Waals surface area contributed by atoms with Crippen LogP contribution >= 0.6 is 0 Å². The molecular weight excluding hydrogens is 476 g/mol. The van der Waals surface area contributed by atoms with E-state index in [9.17, 15) is 19.5 Å². The Kier molecular flexibility index (Phi) is 6.53. The minimum absolute atomic E-state index is 0.00601.